The van der Waals surface area contributed by atoms with Crippen LogP contribution in [0, 0.1) is 5.82 Å². The van der Waals surface area contributed by atoms with E-state index in [0.717, 1.165) is 22.0 Å². The van der Waals surface area contributed by atoms with Crippen molar-refractivity contribution in [1.82, 2.24) is 14.8 Å². The molecule has 2 amide bonds. The van der Waals surface area contributed by atoms with Crippen molar-refractivity contribution in [2.24, 2.45) is 7.05 Å². The Morgan fingerprint density at radius 3 is 2.40 bits per heavy atom. The molecule has 4 aromatic rings. The lowest BCUT2D eigenvalue weighted by Crippen LogP contribution is -2.42. The first-order valence-electron chi connectivity index (χ1n) is 11.1. The quantitative estimate of drug-likeness (QED) is 0.316. The third-order valence-electron chi connectivity index (χ3n) is 6.03. The molecule has 3 aromatic carbocycles. The number of rotatable bonds is 7. The van der Waals surface area contributed by atoms with Gasteiger partial charge in [0.2, 0.25) is 11.8 Å². The number of amides is 2. The van der Waals surface area contributed by atoms with Crippen LogP contribution in [0.2, 0.25) is 5.02 Å². The highest BCUT2D eigenvalue weighted by Crippen LogP contribution is 2.37. The summed E-state index contributed by atoms with van der Waals surface area (Å²) in [6.45, 7) is 1.75. The van der Waals surface area contributed by atoms with Crippen LogP contribution in [0.4, 0.5) is 4.39 Å². The second-order valence-corrected chi connectivity index (χ2v) is 9.13. The van der Waals surface area contributed by atoms with E-state index in [2.05, 4.69) is 5.32 Å². The Bertz CT molecular complexity index is 1390. The molecule has 4 rings (SSSR count). The molecule has 0 saturated heterocycles. The van der Waals surface area contributed by atoms with E-state index in [1.165, 1.54) is 24.0 Å². The molecule has 35 heavy (non-hydrogen) atoms. The Hall–Kier alpha value is -3.29. The third-order valence-corrected chi connectivity index (χ3v) is 6.94. The van der Waals surface area contributed by atoms with Crippen molar-refractivity contribution in [1.29, 1.82) is 0 Å². The molecule has 0 aliphatic heterocycles. The predicted octanol–water partition coefficient (Wildman–Crippen LogP) is 5.67. The van der Waals surface area contributed by atoms with Gasteiger partial charge in [-0.05, 0) is 35.4 Å². The molecular weight excluding hydrogens is 485 g/mol. The summed E-state index contributed by atoms with van der Waals surface area (Å²) in [7, 11) is 1.87. The number of halogens is 2. The molecule has 0 fully saturated rings. The Labute approximate surface area is 213 Å². The number of nitrogens with zero attached hydrogens (tertiary/aromatic N) is 2. The number of nitrogens with one attached hydrogen (secondary N) is 1. The molecule has 1 atom stereocenters. The fraction of sp³-hybridized carbons (Fsp3) is 0.185. The normalized spacial score (nSPS) is 11.9. The molecule has 1 aromatic heterocycles. The largest absolute Gasteiger partial charge is 0.350 e. The Morgan fingerprint density at radius 2 is 1.71 bits per heavy atom. The number of hydrogen-bond acceptors (Lipinski definition) is 3. The van der Waals surface area contributed by atoms with Crippen molar-refractivity contribution in [2.75, 3.05) is 0 Å². The maximum Gasteiger partial charge on any atom is 0.247 e. The van der Waals surface area contributed by atoms with Gasteiger partial charge >= 0.3 is 0 Å². The fourth-order valence-corrected chi connectivity index (χ4v) is 4.74. The number of para-hydroxylation sites is 1. The van der Waals surface area contributed by atoms with Crippen LogP contribution in [-0.2, 0) is 29.7 Å². The SMILES string of the molecule is CC(=O)N(Cc1ccccc1Cl)C(C(=O)NCc1ccc(F)cc1)c1c(S)n(C)c2ccccc12. The predicted molar refractivity (Wildman–Crippen MR) is 139 cm³/mol. The molecule has 1 N–H and O–H groups in total. The maximum absolute atomic E-state index is 13.8. The van der Waals surface area contributed by atoms with E-state index >= 15 is 0 Å². The Balaban J connectivity index is 1.79. The first-order valence-corrected chi connectivity index (χ1v) is 11.9. The highest BCUT2D eigenvalue weighted by atomic mass is 35.5. The molecule has 0 aliphatic carbocycles. The molecule has 0 spiro atoms. The smallest absolute Gasteiger partial charge is 0.247 e. The molecule has 5 nitrogen and oxygen atoms in total. The monoisotopic (exact) mass is 509 g/mol. The van der Waals surface area contributed by atoms with Crippen LogP contribution in [-0.4, -0.2) is 21.3 Å². The zero-order valence-electron chi connectivity index (χ0n) is 19.3. The highest BCUT2D eigenvalue weighted by Gasteiger charge is 2.34. The fourth-order valence-electron chi connectivity index (χ4n) is 4.19. The zero-order valence-corrected chi connectivity index (χ0v) is 21.0. The first-order chi connectivity index (χ1) is 16.8. The van der Waals surface area contributed by atoms with Gasteiger partial charge in [0.15, 0.2) is 0 Å². The Morgan fingerprint density at radius 1 is 1.06 bits per heavy atom. The summed E-state index contributed by atoms with van der Waals surface area (Å²) in [5.41, 5.74) is 2.99. The molecule has 1 unspecified atom stereocenters. The first kappa shape index (κ1) is 24.8. The van der Waals surface area contributed by atoms with Gasteiger partial charge in [-0.3, -0.25) is 9.59 Å². The van der Waals surface area contributed by atoms with Crippen LogP contribution >= 0.6 is 24.2 Å². The van der Waals surface area contributed by atoms with Crippen LogP contribution in [0.15, 0.2) is 77.8 Å². The van der Waals surface area contributed by atoms with Crippen molar-refractivity contribution in [3.05, 3.63) is 100 Å². The van der Waals surface area contributed by atoms with Gasteiger partial charge in [0, 0.05) is 48.5 Å². The van der Waals surface area contributed by atoms with Crippen molar-refractivity contribution < 1.29 is 14.0 Å². The van der Waals surface area contributed by atoms with Gasteiger partial charge in [0.05, 0.1) is 5.03 Å². The van der Waals surface area contributed by atoms with E-state index in [4.69, 9.17) is 24.2 Å². The van der Waals surface area contributed by atoms with Gasteiger partial charge in [-0.25, -0.2) is 4.39 Å². The van der Waals surface area contributed by atoms with Crippen LogP contribution in [0.3, 0.4) is 0 Å². The van der Waals surface area contributed by atoms with Crippen molar-refractivity contribution >= 4 is 46.9 Å². The van der Waals surface area contributed by atoms with E-state index < -0.39 is 6.04 Å². The summed E-state index contributed by atoms with van der Waals surface area (Å²) in [6, 6.07) is 19.8. The minimum atomic E-state index is -0.970. The number of aryl methyl sites for hydroxylation is 1. The number of fused-ring (bicyclic) bond motifs is 1. The summed E-state index contributed by atoms with van der Waals surface area (Å²) in [5.74, 6) is -1.01. The lowest BCUT2D eigenvalue weighted by Gasteiger charge is -2.31. The lowest BCUT2D eigenvalue weighted by atomic mass is 10.0. The van der Waals surface area contributed by atoms with E-state index in [1.54, 1.807) is 18.2 Å². The van der Waals surface area contributed by atoms with Crippen molar-refractivity contribution in [3.63, 3.8) is 0 Å². The van der Waals surface area contributed by atoms with Gasteiger partial charge in [0.1, 0.15) is 11.9 Å². The molecule has 0 aliphatic rings. The standard InChI is InChI=1S/C27H25ClFN3O2S/c1-17(33)32(16-19-7-3-5-9-22(19)28)25(26(34)30-15-18-11-13-20(29)14-12-18)24-21-8-4-6-10-23(21)31(2)27(24)35/h3-14,25,35H,15-16H2,1-2H3,(H,30,34). The zero-order chi connectivity index (χ0) is 25.1. The second-order valence-electron chi connectivity index (χ2n) is 8.30. The number of benzene rings is 3. The van der Waals surface area contributed by atoms with E-state index in [1.807, 2.05) is 54.1 Å². The van der Waals surface area contributed by atoms with E-state index in [-0.39, 0.29) is 30.7 Å². The summed E-state index contributed by atoms with van der Waals surface area (Å²) in [4.78, 5) is 28.2. The average Bonchev–Trinajstić information content (AvgIpc) is 3.09. The van der Waals surface area contributed by atoms with Crippen molar-refractivity contribution in [3.8, 4) is 0 Å². The van der Waals surface area contributed by atoms with Crippen LogP contribution < -0.4 is 5.32 Å². The molecule has 1 heterocycles. The molecule has 8 heteroatoms. The van der Waals surface area contributed by atoms with Gasteiger partial charge in [-0.1, -0.05) is 60.1 Å². The molecule has 180 valence electrons. The molecule has 0 bridgehead atoms. The minimum Gasteiger partial charge on any atom is -0.350 e. The van der Waals surface area contributed by atoms with E-state index in [9.17, 15) is 14.0 Å². The number of thiol groups is 1. The topological polar surface area (TPSA) is 54.3 Å². The van der Waals surface area contributed by atoms with Crippen LogP contribution in [0.5, 0.6) is 0 Å². The number of hydrogen-bond donors (Lipinski definition) is 2. The van der Waals surface area contributed by atoms with Crippen LogP contribution in [0.25, 0.3) is 10.9 Å². The number of carbonyl (C=O) groups is 2. The average molecular weight is 510 g/mol. The molecule has 0 radical (unpaired) electrons. The Kier molecular flexibility index (Phi) is 7.48. The van der Waals surface area contributed by atoms with E-state index in [0.29, 0.717) is 15.6 Å². The number of aromatic nitrogens is 1. The minimum absolute atomic E-state index is 0.139. The van der Waals surface area contributed by atoms with Gasteiger partial charge in [0.25, 0.3) is 0 Å². The second kappa shape index (κ2) is 10.5. The summed E-state index contributed by atoms with van der Waals surface area (Å²) in [5, 5.41) is 4.84. The number of carbonyl (C=O) groups excluding carboxylic acids is 2. The summed E-state index contributed by atoms with van der Waals surface area (Å²) >= 11 is 11.1. The van der Waals surface area contributed by atoms with Gasteiger partial charge in [-0.2, -0.15) is 0 Å². The highest BCUT2D eigenvalue weighted by molar-refractivity contribution is 7.80. The summed E-state index contributed by atoms with van der Waals surface area (Å²) in [6.07, 6.45) is 0. The third kappa shape index (κ3) is 5.21. The summed E-state index contributed by atoms with van der Waals surface area (Å²) < 4.78 is 15.2. The molecular formula is C27H25ClFN3O2S. The maximum atomic E-state index is 13.8. The van der Waals surface area contributed by atoms with Crippen molar-refractivity contribution in [2.45, 2.75) is 31.1 Å². The lowest BCUT2D eigenvalue weighted by molar-refractivity contribution is -0.140. The van der Waals surface area contributed by atoms with Crippen LogP contribution in [0.1, 0.15) is 29.7 Å². The van der Waals surface area contributed by atoms with Gasteiger partial charge < -0.3 is 14.8 Å². The van der Waals surface area contributed by atoms with Gasteiger partial charge in [-0.15, -0.1) is 12.6 Å². The molecule has 0 saturated carbocycles.